The van der Waals surface area contributed by atoms with E-state index >= 15 is 0 Å². The molecule has 2 saturated carbocycles. The van der Waals surface area contributed by atoms with Crippen molar-refractivity contribution in [1.29, 1.82) is 0 Å². The van der Waals surface area contributed by atoms with E-state index in [1.807, 2.05) is 11.0 Å². The van der Waals surface area contributed by atoms with Gasteiger partial charge in [-0.3, -0.25) is 9.59 Å². The zero-order valence-corrected chi connectivity index (χ0v) is 19.4. The zero-order chi connectivity index (χ0) is 21.8. The van der Waals surface area contributed by atoms with E-state index in [1.54, 1.807) is 29.2 Å². The minimum absolute atomic E-state index is 0.0846. The molecule has 3 fully saturated rings. The molecule has 1 N–H and O–H groups in total. The topological polar surface area (TPSA) is 52.7 Å². The average molecular weight is 464 g/mol. The molecule has 1 heterocycles. The normalized spacial score (nSPS) is 26.1. The van der Waals surface area contributed by atoms with E-state index in [2.05, 4.69) is 5.32 Å². The third-order valence-electron chi connectivity index (χ3n) is 7.01. The van der Waals surface area contributed by atoms with Crippen LogP contribution in [0.15, 0.2) is 24.3 Å². The van der Waals surface area contributed by atoms with Crippen LogP contribution < -0.4 is 5.32 Å². The van der Waals surface area contributed by atoms with E-state index in [9.17, 15) is 9.59 Å². The number of fused-ring (bicyclic) bond motifs is 2. The average Bonchev–Trinajstić information content (AvgIpc) is 3.33. The van der Waals surface area contributed by atoms with Crippen molar-refractivity contribution in [2.24, 2.45) is 11.8 Å². The summed E-state index contributed by atoms with van der Waals surface area (Å²) in [5.41, 5.74) is 0.818. The SMILES string of the molecule is O=C(C=Cc1ccc(Cl)c(Cl)c1)N1CCC(=O)N(CCCNC2CC3CCC2C3)CC1. The van der Waals surface area contributed by atoms with Gasteiger partial charge < -0.3 is 15.1 Å². The number of nitrogens with one attached hydrogen (secondary N) is 1. The molecule has 168 valence electrons. The summed E-state index contributed by atoms with van der Waals surface area (Å²) in [7, 11) is 0. The molecule has 3 unspecified atom stereocenters. The maximum Gasteiger partial charge on any atom is 0.246 e. The number of hydrogen-bond acceptors (Lipinski definition) is 3. The fourth-order valence-corrected chi connectivity index (χ4v) is 5.57. The monoisotopic (exact) mass is 463 g/mol. The minimum Gasteiger partial charge on any atom is -0.341 e. The van der Waals surface area contributed by atoms with Crippen LogP contribution in [-0.2, 0) is 9.59 Å². The zero-order valence-electron chi connectivity index (χ0n) is 17.9. The minimum atomic E-state index is -0.0846. The highest BCUT2D eigenvalue weighted by Gasteiger charge is 2.38. The van der Waals surface area contributed by atoms with E-state index in [0.29, 0.717) is 42.1 Å². The Kier molecular flexibility index (Phi) is 7.57. The highest BCUT2D eigenvalue weighted by Crippen LogP contribution is 2.44. The predicted molar refractivity (Wildman–Crippen MR) is 125 cm³/mol. The highest BCUT2D eigenvalue weighted by atomic mass is 35.5. The second-order valence-electron chi connectivity index (χ2n) is 9.05. The van der Waals surface area contributed by atoms with Gasteiger partial charge in [-0.25, -0.2) is 0 Å². The van der Waals surface area contributed by atoms with Gasteiger partial charge in [0.2, 0.25) is 11.8 Å². The second kappa shape index (κ2) is 10.4. The van der Waals surface area contributed by atoms with Crippen molar-refractivity contribution >= 4 is 41.1 Å². The Bertz CT molecular complexity index is 844. The number of rotatable bonds is 7. The lowest BCUT2D eigenvalue weighted by Crippen LogP contribution is -2.38. The fraction of sp³-hybridized carbons (Fsp3) is 0.583. The van der Waals surface area contributed by atoms with E-state index in [0.717, 1.165) is 36.9 Å². The van der Waals surface area contributed by atoms with Gasteiger partial charge in [0.25, 0.3) is 0 Å². The van der Waals surface area contributed by atoms with Crippen molar-refractivity contribution in [2.45, 2.75) is 44.6 Å². The Balaban J connectivity index is 1.21. The summed E-state index contributed by atoms with van der Waals surface area (Å²) in [5, 5.41) is 4.67. The first kappa shape index (κ1) is 22.6. The van der Waals surface area contributed by atoms with Crippen LogP contribution in [0.1, 0.15) is 44.1 Å². The summed E-state index contributed by atoms with van der Waals surface area (Å²) < 4.78 is 0. The van der Waals surface area contributed by atoms with Crippen LogP contribution in [0.4, 0.5) is 0 Å². The van der Waals surface area contributed by atoms with Gasteiger partial charge in [-0.1, -0.05) is 35.7 Å². The second-order valence-corrected chi connectivity index (χ2v) is 9.87. The van der Waals surface area contributed by atoms with Gasteiger partial charge in [0, 0.05) is 44.7 Å². The van der Waals surface area contributed by atoms with Crippen molar-refractivity contribution in [3.05, 3.63) is 39.9 Å². The first-order valence-electron chi connectivity index (χ1n) is 11.4. The van der Waals surface area contributed by atoms with Crippen molar-refractivity contribution in [2.75, 3.05) is 32.7 Å². The van der Waals surface area contributed by atoms with Crippen LogP contribution in [0.25, 0.3) is 6.08 Å². The fourth-order valence-electron chi connectivity index (χ4n) is 5.26. The van der Waals surface area contributed by atoms with Gasteiger partial charge in [0.1, 0.15) is 0 Å². The van der Waals surface area contributed by atoms with E-state index in [1.165, 1.54) is 25.7 Å². The third kappa shape index (κ3) is 5.82. The van der Waals surface area contributed by atoms with Crippen LogP contribution in [-0.4, -0.2) is 60.4 Å². The van der Waals surface area contributed by atoms with Crippen molar-refractivity contribution in [1.82, 2.24) is 15.1 Å². The molecule has 2 aliphatic carbocycles. The lowest BCUT2D eigenvalue weighted by atomic mass is 9.95. The molecular weight excluding hydrogens is 433 g/mol. The first-order chi connectivity index (χ1) is 15.0. The standard InChI is InChI=1S/C24H31Cl2N3O2/c25-20-6-3-17(15-21(20)26)4-7-23(30)29-11-8-24(31)28(12-13-29)10-1-9-27-22-16-18-2-5-19(22)14-18/h3-4,6-7,15,18-19,22,27H,1-2,5,8-14,16H2. The maximum atomic E-state index is 12.6. The molecule has 1 aromatic rings. The number of halogens is 2. The largest absolute Gasteiger partial charge is 0.341 e. The van der Waals surface area contributed by atoms with Crippen LogP contribution in [0.3, 0.4) is 0 Å². The molecule has 1 aliphatic heterocycles. The molecule has 2 bridgehead atoms. The molecule has 7 heteroatoms. The Morgan fingerprint density at radius 1 is 1.13 bits per heavy atom. The quantitative estimate of drug-likeness (QED) is 0.485. The molecule has 4 rings (SSSR count). The lowest BCUT2D eigenvalue weighted by Gasteiger charge is -2.25. The molecular formula is C24H31Cl2N3O2. The molecule has 0 radical (unpaired) electrons. The number of carbonyl (C=O) groups excluding carboxylic acids is 2. The van der Waals surface area contributed by atoms with Crippen LogP contribution >= 0.6 is 23.2 Å². The van der Waals surface area contributed by atoms with E-state index in [4.69, 9.17) is 23.2 Å². The molecule has 1 saturated heterocycles. The molecule has 1 aromatic carbocycles. The summed E-state index contributed by atoms with van der Waals surface area (Å²) in [4.78, 5) is 28.8. The summed E-state index contributed by atoms with van der Waals surface area (Å²) in [6.07, 6.45) is 10.2. The molecule has 0 spiro atoms. The van der Waals surface area contributed by atoms with Crippen molar-refractivity contribution < 1.29 is 9.59 Å². The van der Waals surface area contributed by atoms with Crippen molar-refractivity contribution in [3.63, 3.8) is 0 Å². The van der Waals surface area contributed by atoms with E-state index < -0.39 is 0 Å². The Morgan fingerprint density at radius 3 is 2.74 bits per heavy atom. The number of benzene rings is 1. The Labute approximate surface area is 194 Å². The van der Waals surface area contributed by atoms with Crippen LogP contribution in [0.5, 0.6) is 0 Å². The van der Waals surface area contributed by atoms with Gasteiger partial charge in [-0.2, -0.15) is 0 Å². The maximum absolute atomic E-state index is 12.6. The molecule has 31 heavy (non-hydrogen) atoms. The summed E-state index contributed by atoms with van der Waals surface area (Å²) in [6, 6.07) is 5.94. The Morgan fingerprint density at radius 2 is 2.00 bits per heavy atom. The van der Waals surface area contributed by atoms with Crippen molar-refractivity contribution in [3.8, 4) is 0 Å². The molecule has 0 aromatic heterocycles. The summed E-state index contributed by atoms with van der Waals surface area (Å²) >= 11 is 12.0. The number of hydrogen-bond donors (Lipinski definition) is 1. The summed E-state index contributed by atoms with van der Waals surface area (Å²) in [5.74, 6) is 1.88. The van der Waals surface area contributed by atoms with Crippen LogP contribution in [0, 0.1) is 11.8 Å². The number of nitrogens with zero attached hydrogens (tertiary/aromatic N) is 2. The lowest BCUT2D eigenvalue weighted by molar-refractivity contribution is -0.130. The van der Waals surface area contributed by atoms with Gasteiger partial charge in [-0.15, -0.1) is 0 Å². The van der Waals surface area contributed by atoms with Gasteiger partial charge in [-0.05, 0) is 67.8 Å². The molecule has 3 aliphatic rings. The smallest absolute Gasteiger partial charge is 0.246 e. The predicted octanol–water partition coefficient (Wildman–Crippen LogP) is 4.24. The molecule has 2 amide bonds. The van der Waals surface area contributed by atoms with E-state index in [-0.39, 0.29) is 11.8 Å². The highest BCUT2D eigenvalue weighted by molar-refractivity contribution is 6.42. The number of amides is 2. The number of carbonyl (C=O) groups is 2. The van der Waals surface area contributed by atoms with Crippen LogP contribution in [0.2, 0.25) is 10.0 Å². The van der Waals surface area contributed by atoms with Gasteiger partial charge in [0.15, 0.2) is 0 Å². The molecule has 5 nitrogen and oxygen atoms in total. The van der Waals surface area contributed by atoms with Gasteiger partial charge >= 0.3 is 0 Å². The summed E-state index contributed by atoms with van der Waals surface area (Å²) in [6.45, 7) is 3.35. The van der Waals surface area contributed by atoms with Gasteiger partial charge in [0.05, 0.1) is 10.0 Å². The first-order valence-corrected chi connectivity index (χ1v) is 12.2. The third-order valence-corrected chi connectivity index (χ3v) is 7.75. The Hall–Kier alpha value is -1.56. The molecule has 3 atom stereocenters.